The van der Waals surface area contributed by atoms with E-state index < -0.39 is 0 Å². The number of hydrogen-bond acceptors (Lipinski definition) is 4. The Kier molecular flexibility index (Phi) is 3.76. The summed E-state index contributed by atoms with van der Waals surface area (Å²) in [6, 6.07) is 3.45. The van der Waals surface area contributed by atoms with Crippen molar-refractivity contribution in [1.82, 2.24) is 9.55 Å². The van der Waals surface area contributed by atoms with Crippen molar-refractivity contribution in [2.45, 2.75) is 6.92 Å². The molecule has 1 aromatic heterocycles. The summed E-state index contributed by atoms with van der Waals surface area (Å²) in [6.07, 6.45) is 3.04. The Hall–Kier alpha value is -2.01. The van der Waals surface area contributed by atoms with E-state index in [1.165, 1.54) is 25.0 Å². The van der Waals surface area contributed by atoms with Crippen LogP contribution in [0.15, 0.2) is 29.3 Å². The summed E-state index contributed by atoms with van der Waals surface area (Å²) in [6.45, 7) is 1.86. The maximum absolute atomic E-state index is 12.2. The van der Waals surface area contributed by atoms with Crippen molar-refractivity contribution in [3.8, 4) is 17.3 Å². The maximum atomic E-state index is 12.2. The quantitative estimate of drug-likeness (QED) is 0.865. The van der Waals surface area contributed by atoms with E-state index in [0.717, 1.165) is 5.56 Å². The molecule has 2 aromatic rings. The van der Waals surface area contributed by atoms with Crippen LogP contribution >= 0.6 is 11.6 Å². The largest absolute Gasteiger partial charge is 0.495 e. The Labute approximate surface area is 115 Å². The van der Waals surface area contributed by atoms with Crippen LogP contribution in [0.25, 0.3) is 5.69 Å². The van der Waals surface area contributed by atoms with Gasteiger partial charge in [0.05, 0.1) is 19.9 Å². The molecule has 0 amide bonds. The Balaban J connectivity index is 2.72. The number of aryl methyl sites for hydroxylation is 1. The highest BCUT2D eigenvalue weighted by atomic mass is 35.5. The molecule has 0 fully saturated rings. The Morgan fingerprint density at radius 3 is 2.63 bits per heavy atom. The molecule has 1 aromatic carbocycles. The molecule has 0 atom stereocenters. The van der Waals surface area contributed by atoms with Gasteiger partial charge >= 0.3 is 5.56 Å². The lowest BCUT2D eigenvalue weighted by Gasteiger charge is -2.13. The molecule has 100 valence electrons. The van der Waals surface area contributed by atoms with Gasteiger partial charge in [0.25, 0.3) is 5.88 Å². The van der Waals surface area contributed by atoms with Crippen LogP contribution < -0.4 is 15.0 Å². The molecule has 0 spiro atoms. The van der Waals surface area contributed by atoms with Gasteiger partial charge in [0.15, 0.2) is 0 Å². The molecule has 0 saturated heterocycles. The van der Waals surface area contributed by atoms with E-state index in [9.17, 15) is 4.79 Å². The number of nitrogens with zero attached hydrogens (tertiary/aromatic N) is 2. The van der Waals surface area contributed by atoms with Crippen molar-refractivity contribution >= 4 is 11.6 Å². The fourth-order valence-electron chi connectivity index (χ4n) is 1.72. The first-order chi connectivity index (χ1) is 9.08. The summed E-state index contributed by atoms with van der Waals surface area (Å²) in [4.78, 5) is 16.0. The van der Waals surface area contributed by atoms with Gasteiger partial charge in [0.1, 0.15) is 5.75 Å². The van der Waals surface area contributed by atoms with Gasteiger partial charge in [-0.15, -0.1) is 0 Å². The van der Waals surface area contributed by atoms with Gasteiger partial charge in [-0.2, -0.15) is 0 Å². The van der Waals surface area contributed by atoms with Crippen molar-refractivity contribution in [3.63, 3.8) is 0 Å². The van der Waals surface area contributed by atoms with Crippen LogP contribution in [0, 0.1) is 6.92 Å². The third kappa shape index (κ3) is 2.42. The van der Waals surface area contributed by atoms with Gasteiger partial charge in [-0.3, -0.25) is 9.36 Å². The Bertz CT molecular complexity index is 667. The van der Waals surface area contributed by atoms with Gasteiger partial charge in [0.2, 0.25) is 0 Å². The number of halogens is 1. The fourth-order valence-corrected chi connectivity index (χ4v) is 1.88. The standard InChI is InChI=1S/C13H13ClN2O3/c1-8-6-10(11(18-2)7-9(8)14)16-5-4-15-12(19-3)13(16)17/h4-7H,1-3H3. The van der Waals surface area contributed by atoms with E-state index in [0.29, 0.717) is 16.5 Å². The molecule has 2 rings (SSSR count). The first-order valence-electron chi connectivity index (χ1n) is 5.54. The SMILES string of the molecule is COc1cc(Cl)c(C)cc1-n1ccnc(OC)c1=O. The minimum Gasteiger partial charge on any atom is -0.495 e. The molecule has 0 radical (unpaired) electrons. The third-order valence-corrected chi connectivity index (χ3v) is 3.13. The van der Waals surface area contributed by atoms with Crippen LogP contribution in [-0.2, 0) is 0 Å². The zero-order valence-corrected chi connectivity index (χ0v) is 11.6. The molecular formula is C13H13ClN2O3. The highest BCUT2D eigenvalue weighted by Crippen LogP contribution is 2.28. The number of aromatic nitrogens is 2. The second-order valence-corrected chi connectivity index (χ2v) is 4.29. The molecular weight excluding hydrogens is 268 g/mol. The first kappa shape index (κ1) is 13.4. The summed E-state index contributed by atoms with van der Waals surface area (Å²) in [7, 11) is 2.92. The van der Waals surface area contributed by atoms with Gasteiger partial charge in [-0.25, -0.2) is 4.98 Å². The second-order valence-electron chi connectivity index (χ2n) is 3.88. The van der Waals surface area contributed by atoms with Crippen molar-refractivity contribution < 1.29 is 9.47 Å². The summed E-state index contributed by atoms with van der Waals surface area (Å²) in [5.41, 5.74) is 1.08. The van der Waals surface area contributed by atoms with Crippen LogP contribution in [0.2, 0.25) is 5.02 Å². The fraction of sp³-hybridized carbons (Fsp3) is 0.231. The molecule has 0 aliphatic heterocycles. The third-order valence-electron chi connectivity index (χ3n) is 2.72. The highest BCUT2D eigenvalue weighted by molar-refractivity contribution is 6.31. The summed E-state index contributed by atoms with van der Waals surface area (Å²) >= 11 is 6.05. The Morgan fingerprint density at radius 1 is 1.26 bits per heavy atom. The minimum atomic E-state index is -0.356. The van der Waals surface area contributed by atoms with E-state index >= 15 is 0 Å². The van der Waals surface area contributed by atoms with Crippen LogP contribution in [0.5, 0.6) is 11.6 Å². The van der Waals surface area contributed by atoms with E-state index in [1.54, 1.807) is 18.3 Å². The van der Waals surface area contributed by atoms with Gasteiger partial charge < -0.3 is 9.47 Å². The lowest BCUT2D eigenvalue weighted by atomic mass is 10.2. The van der Waals surface area contributed by atoms with Crippen molar-refractivity contribution in [2.24, 2.45) is 0 Å². The molecule has 6 heteroatoms. The highest BCUT2D eigenvalue weighted by Gasteiger charge is 2.12. The first-order valence-corrected chi connectivity index (χ1v) is 5.92. The molecule has 0 bridgehead atoms. The Morgan fingerprint density at radius 2 is 2.00 bits per heavy atom. The van der Waals surface area contributed by atoms with Crippen molar-refractivity contribution in [1.29, 1.82) is 0 Å². The van der Waals surface area contributed by atoms with Crippen LogP contribution in [0.1, 0.15) is 5.56 Å². The number of ether oxygens (including phenoxy) is 2. The van der Waals surface area contributed by atoms with Gasteiger partial charge in [-0.05, 0) is 18.6 Å². The molecule has 0 aliphatic carbocycles. The molecule has 0 saturated carbocycles. The van der Waals surface area contributed by atoms with Crippen LogP contribution in [0.4, 0.5) is 0 Å². The lowest BCUT2D eigenvalue weighted by Crippen LogP contribution is -2.20. The van der Waals surface area contributed by atoms with Crippen molar-refractivity contribution in [2.75, 3.05) is 14.2 Å². The van der Waals surface area contributed by atoms with E-state index in [-0.39, 0.29) is 11.4 Å². The van der Waals surface area contributed by atoms with E-state index in [2.05, 4.69) is 4.98 Å². The van der Waals surface area contributed by atoms with Crippen LogP contribution in [-0.4, -0.2) is 23.8 Å². The molecule has 1 heterocycles. The predicted molar refractivity (Wildman–Crippen MR) is 72.7 cm³/mol. The summed E-state index contributed by atoms with van der Waals surface area (Å²) < 4.78 is 11.6. The topological polar surface area (TPSA) is 53.4 Å². The number of rotatable bonds is 3. The van der Waals surface area contributed by atoms with Gasteiger partial charge in [-0.1, -0.05) is 11.6 Å². The maximum Gasteiger partial charge on any atom is 0.317 e. The molecule has 5 nitrogen and oxygen atoms in total. The zero-order chi connectivity index (χ0) is 14.0. The molecule has 0 unspecified atom stereocenters. The summed E-state index contributed by atoms with van der Waals surface area (Å²) in [5, 5.41) is 0.578. The second kappa shape index (κ2) is 5.32. The van der Waals surface area contributed by atoms with E-state index in [1.807, 2.05) is 6.92 Å². The number of benzene rings is 1. The summed E-state index contributed by atoms with van der Waals surface area (Å²) in [5.74, 6) is 0.531. The van der Waals surface area contributed by atoms with Crippen LogP contribution in [0.3, 0.4) is 0 Å². The normalized spacial score (nSPS) is 10.3. The molecule has 0 aliphatic rings. The monoisotopic (exact) mass is 280 g/mol. The minimum absolute atomic E-state index is 0.0251. The zero-order valence-electron chi connectivity index (χ0n) is 10.8. The van der Waals surface area contributed by atoms with E-state index in [4.69, 9.17) is 21.1 Å². The predicted octanol–water partition coefficient (Wildman–Crippen LogP) is 2.21. The number of methoxy groups -OCH3 is 2. The smallest absolute Gasteiger partial charge is 0.317 e. The lowest BCUT2D eigenvalue weighted by molar-refractivity contribution is 0.387. The molecule has 19 heavy (non-hydrogen) atoms. The average molecular weight is 281 g/mol. The number of hydrogen-bond donors (Lipinski definition) is 0. The van der Waals surface area contributed by atoms with Gasteiger partial charge in [0, 0.05) is 23.5 Å². The van der Waals surface area contributed by atoms with Crippen molar-refractivity contribution in [3.05, 3.63) is 45.5 Å². The molecule has 0 N–H and O–H groups in total. The average Bonchev–Trinajstić information content (AvgIpc) is 2.42.